The summed E-state index contributed by atoms with van der Waals surface area (Å²) >= 11 is 3.87. The van der Waals surface area contributed by atoms with Crippen LogP contribution in [0.4, 0.5) is 0 Å². The molecule has 7 heteroatoms. The van der Waals surface area contributed by atoms with E-state index in [1.807, 2.05) is 44.3 Å². The van der Waals surface area contributed by atoms with E-state index in [9.17, 15) is 4.79 Å². The largest absolute Gasteiger partial charge is 0.348 e. The number of carbonyl (C=O) groups is 1. The zero-order chi connectivity index (χ0) is 13.9. The van der Waals surface area contributed by atoms with Crippen molar-refractivity contribution in [3.63, 3.8) is 0 Å². The van der Waals surface area contributed by atoms with Crippen molar-refractivity contribution in [2.75, 3.05) is 23.8 Å². The summed E-state index contributed by atoms with van der Waals surface area (Å²) in [6.07, 6.45) is 0. The third-order valence-electron chi connectivity index (χ3n) is 2.77. The lowest BCUT2D eigenvalue weighted by atomic mass is 9.96. The van der Waals surface area contributed by atoms with Crippen LogP contribution < -0.4 is 5.32 Å². The maximum absolute atomic E-state index is 12.0. The van der Waals surface area contributed by atoms with Gasteiger partial charge in [-0.3, -0.25) is 9.89 Å². The predicted molar refractivity (Wildman–Crippen MR) is 81.0 cm³/mol. The zero-order valence-electron chi connectivity index (χ0n) is 11.5. The van der Waals surface area contributed by atoms with Crippen molar-refractivity contribution < 1.29 is 4.79 Å². The molecule has 0 aromatic carbocycles. The third-order valence-corrected chi connectivity index (χ3v) is 5.62. The Morgan fingerprint density at radius 1 is 1.47 bits per heavy atom. The van der Waals surface area contributed by atoms with Gasteiger partial charge in [-0.2, -0.15) is 23.5 Å². The van der Waals surface area contributed by atoms with Gasteiger partial charge in [0, 0.05) is 34.5 Å². The van der Waals surface area contributed by atoms with Crippen LogP contribution in [0, 0.1) is 0 Å². The normalized spacial score (nSPS) is 20.3. The highest BCUT2D eigenvalue weighted by atomic mass is 32.2. The Bertz CT molecular complexity index is 435. The summed E-state index contributed by atoms with van der Waals surface area (Å²) in [5, 5.41) is 10.2. The first-order valence-corrected chi connectivity index (χ1v) is 8.57. The Kier molecular flexibility index (Phi) is 4.78. The van der Waals surface area contributed by atoms with Gasteiger partial charge in [-0.15, -0.1) is 5.10 Å². The number of hydrogen-bond acceptors (Lipinski definition) is 5. The Balaban J connectivity index is 1.87. The van der Waals surface area contributed by atoms with Crippen LogP contribution in [0.3, 0.4) is 0 Å². The van der Waals surface area contributed by atoms with Crippen molar-refractivity contribution in [1.29, 1.82) is 0 Å². The first-order valence-electron chi connectivity index (χ1n) is 6.37. The third kappa shape index (κ3) is 4.14. The number of aromatic amines is 1. The summed E-state index contributed by atoms with van der Waals surface area (Å²) in [7, 11) is 0. The van der Waals surface area contributed by atoms with Crippen LogP contribution >= 0.6 is 23.5 Å². The molecule has 2 N–H and O–H groups in total. The predicted octanol–water partition coefficient (Wildman–Crippen LogP) is 1.68. The van der Waals surface area contributed by atoms with E-state index in [1.165, 1.54) is 11.5 Å². The van der Waals surface area contributed by atoms with Gasteiger partial charge in [0.2, 0.25) is 5.82 Å². The smallest absolute Gasteiger partial charge is 0.290 e. The number of hydrogen-bond donors (Lipinski definition) is 2. The van der Waals surface area contributed by atoms with E-state index < -0.39 is 0 Å². The van der Waals surface area contributed by atoms with Gasteiger partial charge in [0.05, 0.1) is 0 Å². The molecule has 0 saturated carbocycles. The van der Waals surface area contributed by atoms with Gasteiger partial charge < -0.3 is 5.32 Å². The SMILES string of the molecule is CC(C)(C)c1nc(C(=O)NCC2CSCCS2)n[nH]1. The summed E-state index contributed by atoms with van der Waals surface area (Å²) < 4.78 is 0. The number of nitrogens with one attached hydrogen (secondary N) is 2. The number of nitrogens with zero attached hydrogens (tertiary/aromatic N) is 2. The zero-order valence-corrected chi connectivity index (χ0v) is 13.2. The Hall–Kier alpha value is -0.690. The average molecular weight is 300 g/mol. The fourth-order valence-corrected chi connectivity index (χ4v) is 4.25. The van der Waals surface area contributed by atoms with Gasteiger partial charge in [0.1, 0.15) is 5.82 Å². The standard InChI is InChI=1S/C12H20N4OS2/c1-12(2,3)11-14-9(15-16-11)10(17)13-6-8-7-18-4-5-19-8/h8H,4-7H2,1-3H3,(H,13,17)(H,14,15,16). The van der Waals surface area contributed by atoms with E-state index in [2.05, 4.69) is 20.5 Å². The highest BCUT2D eigenvalue weighted by molar-refractivity contribution is 8.06. The van der Waals surface area contributed by atoms with Gasteiger partial charge in [-0.25, -0.2) is 4.98 Å². The van der Waals surface area contributed by atoms with Gasteiger partial charge in [0.15, 0.2) is 0 Å². The topological polar surface area (TPSA) is 70.7 Å². The molecular weight excluding hydrogens is 280 g/mol. The lowest BCUT2D eigenvalue weighted by Gasteiger charge is -2.20. The Morgan fingerprint density at radius 2 is 2.26 bits per heavy atom. The molecule has 19 heavy (non-hydrogen) atoms. The number of aromatic nitrogens is 3. The van der Waals surface area contributed by atoms with Crippen LogP contribution in [0.25, 0.3) is 0 Å². The molecule has 106 valence electrons. The first-order chi connectivity index (χ1) is 8.97. The summed E-state index contributed by atoms with van der Waals surface area (Å²) in [5.41, 5.74) is -0.124. The molecular formula is C12H20N4OS2. The highest BCUT2D eigenvalue weighted by Gasteiger charge is 2.22. The minimum atomic E-state index is -0.192. The molecule has 1 saturated heterocycles. The summed E-state index contributed by atoms with van der Waals surface area (Å²) in [6.45, 7) is 6.79. The second-order valence-electron chi connectivity index (χ2n) is 5.54. The average Bonchev–Trinajstić information content (AvgIpc) is 2.87. The molecule has 1 amide bonds. The number of thioether (sulfide) groups is 2. The van der Waals surface area contributed by atoms with Crippen LogP contribution in [0.5, 0.6) is 0 Å². The fourth-order valence-electron chi connectivity index (χ4n) is 1.64. The molecule has 1 aromatic heterocycles. The van der Waals surface area contributed by atoms with Crippen molar-refractivity contribution in [1.82, 2.24) is 20.5 Å². The van der Waals surface area contributed by atoms with Crippen LogP contribution in [-0.4, -0.2) is 50.1 Å². The van der Waals surface area contributed by atoms with E-state index in [0.717, 1.165) is 11.6 Å². The minimum absolute atomic E-state index is 0.124. The molecule has 1 aliphatic rings. The molecule has 1 atom stereocenters. The van der Waals surface area contributed by atoms with Gasteiger partial charge in [0.25, 0.3) is 5.91 Å². The highest BCUT2D eigenvalue weighted by Crippen LogP contribution is 2.23. The number of H-pyrrole nitrogens is 1. The molecule has 1 aromatic rings. The van der Waals surface area contributed by atoms with Crippen molar-refractivity contribution in [2.24, 2.45) is 0 Å². The van der Waals surface area contributed by atoms with E-state index in [0.29, 0.717) is 11.8 Å². The van der Waals surface area contributed by atoms with Crippen LogP contribution in [0.15, 0.2) is 0 Å². The molecule has 5 nitrogen and oxygen atoms in total. The molecule has 2 heterocycles. The Labute approximate surface area is 122 Å². The second-order valence-corrected chi connectivity index (χ2v) is 8.09. The molecule has 0 bridgehead atoms. The van der Waals surface area contributed by atoms with E-state index in [-0.39, 0.29) is 17.1 Å². The van der Waals surface area contributed by atoms with Gasteiger partial charge >= 0.3 is 0 Å². The van der Waals surface area contributed by atoms with Crippen LogP contribution in [0.1, 0.15) is 37.2 Å². The molecule has 1 fully saturated rings. The van der Waals surface area contributed by atoms with Crippen molar-refractivity contribution in [3.8, 4) is 0 Å². The van der Waals surface area contributed by atoms with Crippen molar-refractivity contribution in [2.45, 2.75) is 31.4 Å². The maximum Gasteiger partial charge on any atom is 0.290 e. The van der Waals surface area contributed by atoms with E-state index >= 15 is 0 Å². The molecule has 1 aliphatic heterocycles. The van der Waals surface area contributed by atoms with Gasteiger partial charge in [-0.05, 0) is 0 Å². The number of amides is 1. The van der Waals surface area contributed by atoms with Crippen LogP contribution in [-0.2, 0) is 5.41 Å². The number of rotatable bonds is 3. The molecule has 0 aliphatic carbocycles. The summed E-state index contributed by atoms with van der Waals surface area (Å²) in [4.78, 5) is 16.2. The molecule has 1 unspecified atom stereocenters. The fraction of sp³-hybridized carbons (Fsp3) is 0.750. The molecule has 0 radical (unpaired) electrons. The minimum Gasteiger partial charge on any atom is -0.348 e. The number of carbonyl (C=O) groups excluding carboxylic acids is 1. The van der Waals surface area contributed by atoms with Crippen molar-refractivity contribution in [3.05, 3.63) is 11.6 Å². The quantitative estimate of drug-likeness (QED) is 0.889. The second kappa shape index (κ2) is 6.17. The molecule has 0 spiro atoms. The summed E-state index contributed by atoms with van der Waals surface area (Å²) in [6, 6.07) is 0. The van der Waals surface area contributed by atoms with Crippen LogP contribution in [0.2, 0.25) is 0 Å². The monoisotopic (exact) mass is 300 g/mol. The van der Waals surface area contributed by atoms with E-state index in [4.69, 9.17) is 0 Å². The summed E-state index contributed by atoms with van der Waals surface area (Å²) in [5.74, 6) is 4.26. The Morgan fingerprint density at radius 3 is 2.84 bits per heavy atom. The lowest BCUT2D eigenvalue weighted by Crippen LogP contribution is -2.34. The van der Waals surface area contributed by atoms with Crippen molar-refractivity contribution >= 4 is 29.4 Å². The molecule has 2 rings (SSSR count). The first kappa shape index (κ1) is 14.7. The maximum atomic E-state index is 12.0. The lowest BCUT2D eigenvalue weighted by molar-refractivity contribution is 0.0944. The van der Waals surface area contributed by atoms with Gasteiger partial charge in [-0.1, -0.05) is 20.8 Å². The van der Waals surface area contributed by atoms with E-state index in [1.54, 1.807) is 0 Å².